The maximum absolute atomic E-state index is 12.4. The summed E-state index contributed by atoms with van der Waals surface area (Å²) in [5.74, 6) is 1.35. The molecule has 2 rings (SSSR count). The van der Waals surface area contributed by atoms with E-state index < -0.39 is 0 Å². The normalized spacial score (nSPS) is 11.9. The van der Waals surface area contributed by atoms with Crippen molar-refractivity contribution < 1.29 is 14.3 Å². The van der Waals surface area contributed by atoms with E-state index in [1.54, 1.807) is 32.4 Å². The highest BCUT2D eigenvalue weighted by atomic mass is 16.5. The van der Waals surface area contributed by atoms with Gasteiger partial charge in [-0.15, -0.1) is 0 Å². The molecule has 0 saturated carbocycles. The van der Waals surface area contributed by atoms with Crippen molar-refractivity contribution >= 4 is 5.91 Å². The number of ether oxygens (including phenoxy) is 2. The van der Waals surface area contributed by atoms with Gasteiger partial charge in [-0.1, -0.05) is 24.3 Å². The number of benzene rings is 2. The summed E-state index contributed by atoms with van der Waals surface area (Å²) in [6, 6.07) is 15.0. The molecule has 2 aromatic carbocycles. The van der Waals surface area contributed by atoms with Crippen LogP contribution in [0.15, 0.2) is 48.5 Å². The van der Waals surface area contributed by atoms with Gasteiger partial charge in [0.05, 0.1) is 20.3 Å². The summed E-state index contributed by atoms with van der Waals surface area (Å²) in [4.78, 5) is 14.5. The minimum atomic E-state index is -0.129. The second-order valence-electron chi connectivity index (χ2n) is 5.66. The third kappa shape index (κ3) is 4.26. The number of carbonyl (C=O) groups excluding carboxylic acids is 1. The van der Waals surface area contributed by atoms with Crippen LogP contribution in [0.3, 0.4) is 0 Å². The van der Waals surface area contributed by atoms with Gasteiger partial charge in [-0.05, 0) is 38.4 Å². The molecule has 0 bridgehead atoms. The predicted octanol–water partition coefficient (Wildman–Crippen LogP) is 2.74. The summed E-state index contributed by atoms with van der Waals surface area (Å²) >= 11 is 0. The lowest BCUT2D eigenvalue weighted by Crippen LogP contribution is -2.34. The van der Waals surface area contributed by atoms with Crippen molar-refractivity contribution in [1.82, 2.24) is 10.2 Å². The Morgan fingerprint density at radius 2 is 1.83 bits per heavy atom. The topological polar surface area (TPSA) is 50.8 Å². The molecule has 5 heteroatoms. The van der Waals surface area contributed by atoms with Crippen LogP contribution in [0.2, 0.25) is 0 Å². The van der Waals surface area contributed by atoms with E-state index in [1.165, 1.54) is 0 Å². The summed E-state index contributed by atoms with van der Waals surface area (Å²) < 4.78 is 10.6. The van der Waals surface area contributed by atoms with Gasteiger partial charge in [0.2, 0.25) is 0 Å². The number of para-hydroxylation sites is 1. The van der Waals surface area contributed by atoms with Crippen LogP contribution >= 0.6 is 0 Å². The lowest BCUT2D eigenvalue weighted by Gasteiger charge is -2.26. The lowest BCUT2D eigenvalue weighted by molar-refractivity contribution is 0.0941. The Labute approximate surface area is 143 Å². The maximum Gasteiger partial charge on any atom is 0.251 e. The van der Waals surface area contributed by atoms with Crippen molar-refractivity contribution in [3.8, 4) is 11.5 Å². The first-order valence-electron chi connectivity index (χ1n) is 7.78. The summed E-state index contributed by atoms with van der Waals surface area (Å²) in [7, 11) is 7.20. The Kier molecular flexibility index (Phi) is 6.21. The van der Waals surface area contributed by atoms with Crippen molar-refractivity contribution in [2.45, 2.75) is 6.04 Å². The van der Waals surface area contributed by atoms with Crippen LogP contribution in [-0.2, 0) is 0 Å². The lowest BCUT2D eigenvalue weighted by atomic mass is 10.0. The van der Waals surface area contributed by atoms with Crippen LogP contribution in [0.1, 0.15) is 22.0 Å². The molecule has 0 unspecified atom stereocenters. The van der Waals surface area contributed by atoms with Crippen LogP contribution in [0, 0.1) is 0 Å². The number of nitrogens with zero attached hydrogens (tertiary/aromatic N) is 1. The van der Waals surface area contributed by atoms with Crippen molar-refractivity contribution in [2.24, 2.45) is 0 Å². The fourth-order valence-electron chi connectivity index (χ4n) is 2.57. The standard InChI is InChI=1S/C19H24N2O3/c1-21(2)17(16-10-5-6-11-18(16)24-4)13-20-19(22)14-8-7-9-15(12-14)23-3/h5-12,17H,13H2,1-4H3,(H,20,22)/t17-/m0/s1. The smallest absolute Gasteiger partial charge is 0.251 e. The quantitative estimate of drug-likeness (QED) is 0.849. The van der Waals surface area contributed by atoms with Gasteiger partial charge < -0.3 is 19.7 Å². The molecule has 5 nitrogen and oxygen atoms in total. The fourth-order valence-corrected chi connectivity index (χ4v) is 2.57. The Bertz CT molecular complexity index is 686. The summed E-state index contributed by atoms with van der Waals surface area (Å²) in [6.07, 6.45) is 0. The number of rotatable bonds is 7. The highest BCUT2D eigenvalue weighted by Crippen LogP contribution is 2.27. The third-order valence-electron chi connectivity index (χ3n) is 3.91. The van der Waals surface area contributed by atoms with E-state index in [1.807, 2.05) is 44.4 Å². The van der Waals surface area contributed by atoms with Crippen molar-refractivity contribution in [1.29, 1.82) is 0 Å². The largest absolute Gasteiger partial charge is 0.497 e. The Morgan fingerprint density at radius 1 is 1.08 bits per heavy atom. The molecule has 2 aromatic rings. The third-order valence-corrected chi connectivity index (χ3v) is 3.91. The Balaban J connectivity index is 2.12. The minimum absolute atomic E-state index is 0.00991. The van der Waals surface area contributed by atoms with E-state index in [9.17, 15) is 4.79 Å². The van der Waals surface area contributed by atoms with Gasteiger partial charge in [0.25, 0.3) is 5.91 Å². The Hall–Kier alpha value is -2.53. The number of nitrogens with one attached hydrogen (secondary N) is 1. The molecule has 0 radical (unpaired) electrons. The second-order valence-corrected chi connectivity index (χ2v) is 5.66. The van der Waals surface area contributed by atoms with Crippen LogP contribution in [0.5, 0.6) is 11.5 Å². The van der Waals surface area contributed by atoms with Crippen molar-refractivity contribution in [3.63, 3.8) is 0 Å². The number of carbonyl (C=O) groups is 1. The van der Waals surface area contributed by atoms with Gasteiger partial charge in [-0.3, -0.25) is 4.79 Å². The molecular weight excluding hydrogens is 304 g/mol. The van der Waals surface area contributed by atoms with Gasteiger partial charge in [-0.2, -0.15) is 0 Å². The van der Waals surface area contributed by atoms with E-state index in [4.69, 9.17) is 9.47 Å². The summed E-state index contributed by atoms with van der Waals surface area (Å²) in [6.45, 7) is 0.476. The average molecular weight is 328 g/mol. The van der Waals surface area contributed by atoms with Crippen LogP contribution in [-0.4, -0.2) is 45.7 Å². The van der Waals surface area contributed by atoms with Crippen LogP contribution in [0.25, 0.3) is 0 Å². The molecule has 0 heterocycles. The van der Waals surface area contributed by atoms with Crippen molar-refractivity contribution in [2.75, 3.05) is 34.9 Å². The summed E-state index contributed by atoms with van der Waals surface area (Å²) in [5.41, 5.74) is 1.61. The molecule has 0 spiro atoms. The molecule has 24 heavy (non-hydrogen) atoms. The van der Waals surface area contributed by atoms with Crippen molar-refractivity contribution in [3.05, 3.63) is 59.7 Å². The first-order valence-corrected chi connectivity index (χ1v) is 7.78. The molecule has 0 aliphatic carbocycles. The van der Waals surface area contributed by atoms with Gasteiger partial charge >= 0.3 is 0 Å². The molecular formula is C19H24N2O3. The fraction of sp³-hybridized carbons (Fsp3) is 0.316. The molecule has 1 atom stereocenters. The predicted molar refractivity (Wildman–Crippen MR) is 94.7 cm³/mol. The van der Waals surface area contributed by atoms with Gasteiger partial charge in [-0.25, -0.2) is 0 Å². The first kappa shape index (κ1) is 17.8. The van der Waals surface area contributed by atoms with Crippen LogP contribution < -0.4 is 14.8 Å². The zero-order chi connectivity index (χ0) is 17.5. The molecule has 1 N–H and O–H groups in total. The van der Waals surface area contributed by atoms with Crippen LogP contribution in [0.4, 0.5) is 0 Å². The number of methoxy groups -OCH3 is 2. The molecule has 0 fully saturated rings. The second kappa shape index (κ2) is 8.36. The SMILES string of the molecule is COc1cccc(C(=O)NC[C@@H](c2ccccc2OC)N(C)C)c1. The highest BCUT2D eigenvalue weighted by Gasteiger charge is 2.19. The number of hydrogen-bond donors (Lipinski definition) is 1. The monoisotopic (exact) mass is 328 g/mol. The zero-order valence-corrected chi connectivity index (χ0v) is 14.6. The molecule has 0 aliphatic rings. The zero-order valence-electron chi connectivity index (χ0n) is 14.6. The maximum atomic E-state index is 12.4. The first-order chi connectivity index (χ1) is 11.6. The van der Waals surface area contributed by atoms with Gasteiger partial charge in [0.1, 0.15) is 11.5 Å². The Morgan fingerprint density at radius 3 is 2.50 bits per heavy atom. The van der Waals surface area contributed by atoms with Gasteiger partial charge in [0, 0.05) is 17.7 Å². The number of hydrogen-bond acceptors (Lipinski definition) is 4. The van der Waals surface area contributed by atoms with E-state index in [-0.39, 0.29) is 11.9 Å². The molecule has 0 aliphatic heterocycles. The van der Waals surface area contributed by atoms with E-state index >= 15 is 0 Å². The highest BCUT2D eigenvalue weighted by molar-refractivity contribution is 5.94. The average Bonchev–Trinajstić information content (AvgIpc) is 2.61. The minimum Gasteiger partial charge on any atom is -0.497 e. The molecule has 128 valence electrons. The number of likely N-dealkylation sites (N-methyl/N-ethyl adjacent to an activating group) is 1. The molecule has 1 amide bonds. The van der Waals surface area contributed by atoms with Gasteiger partial charge in [0.15, 0.2) is 0 Å². The molecule has 0 saturated heterocycles. The number of amides is 1. The summed E-state index contributed by atoms with van der Waals surface area (Å²) in [5, 5.41) is 2.99. The van der Waals surface area contributed by atoms with E-state index in [0.29, 0.717) is 17.9 Å². The van der Waals surface area contributed by atoms with E-state index in [2.05, 4.69) is 10.2 Å². The van der Waals surface area contributed by atoms with E-state index in [0.717, 1.165) is 11.3 Å². The molecule has 0 aromatic heterocycles.